The fraction of sp³-hybridized carbons (Fsp3) is 0.500. The van der Waals surface area contributed by atoms with Crippen molar-refractivity contribution in [2.75, 3.05) is 14.2 Å². The van der Waals surface area contributed by atoms with Crippen LogP contribution >= 0.6 is 0 Å². The molecule has 0 spiro atoms. The van der Waals surface area contributed by atoms with Crippen LogP contribution in [0.15, 0.2) is 12.4 Å². The van der Waals surface area contributed by atoms with Crippen molar-refractivity contribution in [2.24, 2.45) is 0 Å². The van der Waals surface area contributed by atoms with Crippen LogP contribution in [-0.2, 0) is 15.7 Å². The van der Waals surface area contributed by atoms with Crippen molar-refractivity contribution in [3.05, 3.63) is 23.8 Å². The Hall–Kier alpha value is -1.21. The second kappa shape index (κ2) is 4.54. The molecule has 7 heteroatoms. The van der Waals surface area contributed by atoms with Crippen LogP contribution in [0.2, 0.25) is 0 Å². The molecule has 0 saturated heterocycles. The second-order valence-corrected chi connectivity index (χ2v) is 2.63. The summed E-state index contributed by atoms with van der Waals surface area (Å²) < 4.78 is 46.3. The standard InChI is InChI=1S/C8H9F3N2O2/c1-14-7(15-2)5-3-6(8(9,10)11)13-4-12-5/h3-4,7H,1-2H3. The molecule has 84 valence electrons. The van der Waals surface area contributed by atoms with Crippen molar-refractivity contribution in [1.29, 1.82) is 0 Å². The molecule has 0 unspecified atom stereocenters. The van der Waals surface area contributed by atoms with Gasteiger partial charge in [0.2, 0.25) is 6.29 Å². The number of alkyl halides is 3. The van der Waals surface area contributed by atoms with E-state index >= 15 is 0 Å². The van der Waals surface area contributed by atoms with E-state index in [1.54, 1.807) is 0 Å². The zero-order valence-corrected chi connectivity index (χ0v) is 8.08. The predicted octanol–water partition coefficient (Wildman–Crippen LogP) is 1.79. The summed E-state index contributed by atoms with van der Waals surface area (Å²) in [5, 5.41) is 0. The van der Waals surface area contributed by atoms with Gasteiger partial charge in [-0.05, 0) is 6.07 Å². The van der Waals surface area contributed by atoms with Crippen LogP contribution in [-0.4, -0.2) is 24.2 Å². The highest BCUT2D eigenvalue weighted by Gasteiger charge is 2.33. The van der Waals surface area contributed by atoms with E-state index in [0.717, 1.165) is 12.4 Å². The van der Waals surface area contributed by atoms with Crippen molar-refractivity contribution in [1.82, 2.24) is 9.97 Å². The van der Waals surface area contributed by atoms with Gasteiger partial charge in [-0.2, -0.15) is 13.2 Å². The number of hydrogen-bond acceptors (Lipinski definition) is 4. The summed E-state index contributed by atoms with van der Waals surface area (Å²) in [5.74, 6) is 0. The Bertz CT molecular complexity index is 326. The van der Waals surface area contributed by atoms with Gasteiger partial charge in [0.05, 0.1) is 0 Å². The minimum atomic E-state index is -4.50. The Morgan fingerprint density at radius 3 is 2.27 bits per heavy atom. The van der Waals surface area contributed by atoms with Gasteiger partial charge in [0.25, 0.3) is 0 Å². The number of aromatic nitrogens is 2. The first-order valence-electron chi connectivity index (χ1n) is 3.93. The Morgan fingerprint density at radius 1 is 1.20 bits per heavy atom. The average molecular weight is 222 g/mol. The molecule has 0 aliphatic carbocycles. The Balaban J connectivity index is 3.02. The molecular weight excluding hydrogens is 213 g/mol. The van der Waals surface area contributed by atoms with Gasteiger partial charge in [-0.1, -0.05) is 0 Å². The quantitative estimate of drug-likeness (QED) is 0.731. The number of hydrogen-bond donors (Lipinski definition) is 0. The van der Waals surface area contributed by atoms with Crippen molar-refractivity contribution in [2.45, 2.75) is 12.5 Å². The summed E-state index contributed by atoms with van der Waals surface area (Å²) in [4.78, 5) is 6.75. The maximum atomic E-state index is 12.3. The molecule has 1 heterocycles. The van der Waals surface area contributed by atoms with Gasteiger partial charge >= 0.3 is 6.18 Å². The first-order valence-corrected chi connectivity index (χ1v) is 3.93. The van der Waals surface area contributed by atoms with Crippen LogP contribution in [0.1, 0.15) is 17.7 Å². The monoisotopic (exact) mass is 222 g/mol. The molecule has 0 N–H and O–H groups in total. The van der Waals surface area contributed by atoms with Gasteiger partial charge in [-0.25, -0.2) is 9.97 Å². The van der Waals surface area contributed by atoms with Gasteiger partial charge in [0.15, 0.2) is 0 Å². The topological polar surface area (TPSA) is 44.2 Å². The van der Waals surface area contributed by atoms with Gasteiger partial charge in [0.1, 0.15) is 17.7 Å². The lowest BCUT2D eigenvalue weighted by molar-refractivity contribution is -0.142. The Morgan fingerprint density at radius 2 is 1.80 bits per heavy atom. The minimum absolute atomic E-state index is 0.0299. The predicted molar refractivity (Wildman–Crippen MR) is 43.8 cm³/mol. The van der Waals surface area contributed by atoms with E-state index in [1.807, 2.05) is 0 Å². The van der Waals surface area contributed by atoms with E-state index in [4.69, 9.17) is 9.47 Å². The summed E-state index contributed by atoms with van der Waals surface area (Å²) in [6.45, 7) is 0. The summed E-state index contributed by atoms with van der Waals surface area (Å²) >= 11 is 0. The van der Waals surface area contributed by atoms with Crippen LogP contribution in [0.5, 0.6) is 0 Å². The van der Waals surface area contributed by atoms with E-state index in [-0.39, 0.29) is 5.69 Å². The minimum Gasteiger partial charge on any atom is -0.350 e. The smallest absolute Gasteiger partial charge is 0.350 e. The Labute approximate surface area is 84.1 Å². The molecule has 1 aromatic rings. The number of rotatable bonds is 3. The zero-order chi connectivity index (χ0) is 11.5. The van der Waals surface area contributed by atoms with E-state index in [0.29, 0.717) is 0 Å². The summed E-state index contributed by atoms with van der Waals surface area (Å²) in [5.41, 5.74) is -0.992. The molecule has 0 fully saturated rings. The largest absolute Gasteiger partial charge is 0.433 e. The molecule has 0 amide bonds. The van der Waals surface area contributed by atoms with Gasteiger partial charge < -0.3 is 9.47 Å². The first-order chi connectivity index (χ1) is 6.99. The zero-order valence-electron chi connectivity index (χ0n) is 8.08. The summed E-state index contributed by atoms with van der Waals surface area (Å²) in [6.07, 6.45) is -4.60. The van der Waals surface area contributed by atoms with Crippen molar-refractivity contribution in [3.63, 3.8) is 0 Å². The van der Waals surface area contributed by atoms with Gasteiger partial charge in [0, 0.05) is 14.2 Å². The van der Waals surface area contributed by atoms with E-state index in [1.165, 1.54) is 14.2 Å². The third-order valence-corrected chi connectivity index (χ3v) is 1.65. The lowest BCUT2D eigenvalue weighted by Crippen LogP contribution is -2.12. The average Bonchev–Trinajstić information content (AvgIpc) is 2.19. The third-order valence-electron chi connectivity index (χ3n) is 1.65. The van der Waals surface area contributed by atoms with Gasteiger partial charge in [-0.3, -0.25) is 0 Å². The molecule has 1 rings (SSSR count). The van der Waals surface area contributed by atoms with E-state index < -0.39 is 18.2 Å². The fourth-order valence-electron chi connectivity index (χ4n) is 0.994. The molecule has 1 aromatic heterocycles. The maximum absolute atomic E-state index is 12.3. The Kier molecular flexibility index (Phi) is 3.59. The van der Waals surface area contributed by atoms with E-state index in [2.05, 4.69) is 9.97 Å². The maximum Gasteiger partial charge on any atom is 0.433 e. The van der Waals surface area contributed by atoms with Crippen LogP contribution < -0.4 is 0 Å². The molecule has 4 nitrogen and oxygen atoms in total. The highest BCUT2D eigenvalue weighted by Crippen LogP contribution is 2.28. The molecular formula is C8H9F3N2O2. The van der Waals surface area contributed by atoms with E-state index in [9.17, 15) is 13.2 Å². The third kappa shape index (κ3) is 2.87. The summed E-state index contributed by atoms with van der Waals surface area (Å²) in [6, 6.07) is 0.789. The van der Waals surface area contributed by atoms with Crippen LogP contribution in [0.25, 0.3) is 0 Å². The van der Waals surface area contributed by atoms with Crippen LogP contribution in [0, 0.1) is 0 Å². The fourth-order valence-corrected chi connectivity index (χ4v) is 0.994. The van der Waals surface area contributed by atoms with Crippen LogP contribution in [0.4, 0.5) is 13.2 Å². The molecule has 0 aliphatic rings. The number of ether oxygens (including phenoxy) is 2. The summed E-state index contributed by atoms with van der Waals surface area (Å²) in [7, 11) is 2.62. The number of nitrogens with zero attached hydrogens (tertiary/aromatic N) is 2. The molecule has 0 aliphatic heterocycles. The number of methoxy groups -OCH3 is 2. The molecule has 0 saturated carbocycles. The SMILES string of the molecule is COC(OC)c1cc(C(F)(F)F)ncn1. The molecule has 0 radical (unpaired) electrons. The van der Waals surface area contributed by atoms with Crippen molar-refractivity contribution < 1.29 is 22.6 Å². The number of halogens is 3. The second-order valence-electron chi connectivity index (χ2n) is 2.63. The van der Waals surface area contributed by atoms with Gasteiger partial charge in [-0.15, -0.1) is 0 Å². The lowest BCUT2D eigenvalue weighted by atomic mass is 10.3. The molecule has 15 heavy (non-hydrogen) atoms. The lowest BCUT2D eigenvalue weighted by Gasteiger charge is -2.13. The first kappa shape index (κ1) is 11.9. The highest BCUT2D eigenvalue weighted by molar-refractivity contribution is 5.12. The van der Waals surface area contributed by atoms with Crippen molar-refractivity contribution >= 4 is 0 Å². The van der Waals surface area contributed by atoms with Crippen LogP contribution in [0.3, 0.4) is 0 Å². The molecule has 0 atom stereocenters. The molecule has 0 bridgehead atoms. The molecule has 0 aromatic carbocycles. The normalized spacial score (nSPS) is 12.1. The van der Waals surface area contributed by atoms with Crippen molar-refractivity contribution in [3.8, 4) is 0 Å². The highest BCUT2D eigenvalue weighted by atomic mass is 19.4.